The van der Waals surface area contributed by atoms with Crippen LogP contribution in [0.4, 0.5) is 10.1 Å². The third-order valence-electron chi connectivity index (χ3n) is 1.58. The maximum atomic E-state index is 13.2. The number of benzene rings is 1. The molecule has 1 aromatic rings. The molecule has 0 N–H and O–H groups in total. The summed E-state index contributed by atoms with van der Waals surface area (Å²) in [6.45, 7) is 1.50. The standard InChI is InChI=1S/C7H4BrFINO2/c1-3-5(11(12)13)2-4(10)7(9)6(3)8/h2H,1H3. The van der Waals surface area contributed by atoms with Gasteiger partial charge in [-0.2, -0.15) is 0 Å². The predicted octanol–water partition coefficient (Wildman–Crippen LogP) is 3.41. The molecule has 1 rings (SSSR count). The van der Waals surface area contributed by atoms with E-state index in [1.54, 1.807) is 22.6 Å². The van der Waals surface area contributed by atoms with E-state index in [9.17, 15) is 14.5 Å². The summed E-state index contributed by atoms with van der Waals surface area (Å²) in [7, 11) is 0. The summed E-state index contributed by atoms with van der Waals surface area (Å²) in [5.74, 6) is -0.455. The Morgan fingerprint density at radius 2 is 2.23 bits per heavy atom. The molecule has 0 saturated heterocycles. The highest BCUT2D eigenvalue weighted by Crippen LogP contribution is 2.31. The van der Waals surface area contributed by atoms with Crippen molar-refractivity contribution in [2.24, 2.45) is 0 Å². The summed E-state index contributed by atoms with van der Waals surface area (Å²) in [5.41, 5.74) is 0.237. The first-order chi connectivity index (χ1) is 5.95. The van der Waals surface area contributed by atoms with Crippen molar-refractivity contribution in [1.82, 2.24) is 0 Å². The second-order valence-corrected chi connectivity index (χ2v) is 4.34. The number of rotatable bonds is 1. The molecule has 0 aliphatic carbocycles. The van der Waals surface area contributed by atoms with Crippen LogP contribution in [0.5, 0.6) is 0 Å². The summed E-state index contributed by atoms with van der Waals surface area (Å²) in [5, 5.41) is 10.5. The molecule has 0 heterocycles. The van der Waals surface area contributed by atoms with Gasteiger partial charge in [0.25, 0.3) is 5.69 Å². The van der Waals surface area contributed by atoms with Crippen LogP contribution in [0, 0.1) is 26.4 Å². The Hall–Kier alpha value is -0.240. The van der Waals surface area contributed by atoms with Crippen LogP contribution in [0.25, 0.3) is 0 Å². The van der Waals surface area contributed by atoms with Gasteiger partial charge in [0, 0.05) is 11.6 Å². The topological polar surface area (TPSA) is 43.1 Å². The van der Waals surface area contributed by atoms with Crippen molar-refractivity contribution in [1.29, 1.82) is 0 Å². The molecule has 6 heteroatoms. The van der Waals surface area contributed by atoms with Crippen molar-refractivity contribution in [3.8, 4) is 0 Å². The maximum absolute atomic E-state index is 13.2. The molecule has 0 saturated carbocycles. The molecule has 0 spiro atoms. The highest BCUT2D eigenvalue weighted by Gasteiger charge is 2.18. The van der Waals surface area contributed by atoms with Gasteiger partial charge >= 0.3 is 0 Å². The minimum absolute atomic E-state index is 0.0716. The molecule has 0 atom stereocenters. The van der Waals surface area contributed by atoms with E-state index < -0.39 is 10.7 Å². The van der Waals surface area contributed by atoms with E-state index in [-0.39, 0.29) is 13.7 Å². The highest BCUT2D eigenvalue weighted by atomic mass is 127. The highest BCUT2D eigenvalue weighted by molar-refractivity contribution is 14.1. The minimum Gasteiger partial charge on any atom is -0.258 e. The summed E-state index contributed by atoms with van der Waals surface area (Å²) in [4.78, 5) is 9.97. The average molecular weight is 360 g/mol. The predicted molar refractivity (Wildman–Crippen MR) is 58.2 cm³/mol. The first-order valence-electron chi connectivity index (χ1n) is 3.23. The molecule has 0 fully saturated rings. The lowest BCUT2D eigenvalue weighted by molar-refractivity contribution is -0.385. The first-order valence-corrected chi connectivity index (χ1v) is 5.10. The summed E-state index contributed by atoms with van der Waals surface area (Å²) < 4.78 is 13.6. The fraction of sp³-hybridized carbons (Fsp3) is 0.143. The zero-order valence-corrected chi connectivity index (χ0v) is 10.2. The van der Waals surface area contributed by atoms with Crippen LogP contribution < -0.4 is 0 Å². The van der Waals surface area contributed by atoms with Crippen LogP contribution >= 0.6 is 38.5 Å². The molecule has 0 aromatic heterocycles. The zero-order valence-electron chi connectivity index (χ0n) is 6.47. The number of halogens is 3. The monoisotopic (exact) mass is 359 g/mol. The zero-order chi connectivity index (χ0) is 10.2. The Morgan fingerprint density at radius 3 is 2.69 bits per heavy atom. The fourth-order valence-electron chi connectivity index (χ4n) is 0.863. The van der Waals surface area contributed by atoms with Crippen molar-refractivity contribution in [2.75, 3.05) is 0 Å². The van der Waals surface area contributed by atoms with Gasteiger partial charge in [0.2, 0.25) is 0 Å². The van der Waals surface area contributed by atoms with E-state index in [1.807, 2.05) is 0 Å². The molecule has 0 unspecified atom stereocenters. The Balaban J connectivity index is 3.50. The van der Waals surface area contributed by atoms with Crippen molar-refractivity contribution >= 4 is 44.2 Å². The Kier molecular flexibility index (Phi) is 3.23. The average Bonchev–Trinajstić information content (AvgIpc) is 2.07. The van der Waals surface area contributed by atoms with Gasteiger partial charge in [-0.15, -0.1) is 0 Å². The molecule has 0 aliphatic rings. The summed E-state index contributed by atoms with van der Waals surface area (Å²) in [6.07, 6.45) is 0. The SMILES string of the molecule is Cc1c([N+](=O)[O-])cc(I)c(F)c1Br. The molecule has 3 nitrogen and oxygen atoms in total. The van der Waals surface area contributed by atoms with Gasteiger partial charge in [0.1, 0.15) is 0 Å². The molecule has 13 heavy (non-hydrogen) atoms. The first kappa shape index (κ1) is 10.8. The van der Waals surface area contributed by atoms with E-state index in [2.05, 4.69) is 15.9 Å². The largest absolute Gasteiger partial charge is 0.274 e. The Bertz CT molecular complexity index is 383. The quantitative estimate of drug-likeness (QED) is 0.334. The molecular weight excluding hydrogens is 356 g/mol. The molecule has 0 amide bonds. The van der Waals surface area contributed by atoms with Crippen LogP contribution in [0.2, 0.25) is 0 Å². The molecule has 70 valence electrons. The number of nitro groups is 1. The minimum atomic E-state index is -0.526. The molecule has 1 aromatic carbocycles. The van der Waals surface area contributed by atoms with Gasteiger partial charge in [0.15, 0.2) is 5.82 Å². The molecular formula is C7H4BrFINO2. The normalized spacial score (nSPS) is 10.2. The summed E-state index contributed by atoms with van der Waals surface area (Å²) in [6, 6.07) is 1.22. The lowest BCUT2D eigenvalue weighted by Crippen LogP contribution is -1.96. The fourth-order valence-corrected chi connectivity index (χ4v) is 2.22. The van der Waals surface area contributed by atoms with E-state index in [1.165, 1.54) is 13.0 Å². The van der Waals surface area contributed by atoms with E-state index in [4.69, 9.17) is 0 Å². The van der Waals surface area contributed by atoms with Crippen LogP contribution in [-0.4, -0.2) is 4.92 Å². The van der Waals surface area contributed by atoms with Gasteiger partial charge in [-0.1, -0.05) is 0 Å². The van der Waals surface area contributed by atoms with Gasteiger partial charge in [-0.3, -0.25) is 10.1 Å². The Labute approximate surface area is 95.7 Å². The van der Waals surface area contributed by atoms with Crippen LogP contribution in [0.15, 0.2) is 10.5 Å². The van der Waals surface area contributed by atoms with Gasteiger partial charge in [-0.25, -0.2) is 4.39 Å². The third-order valence-corrected chi connectivity index (χ3v) is 3.30. The number of hydrogen-bond donors (Lipinski definition) is 0. The smallest absolute Gasteiger partial charge is 0.258 e. The lowest BCUT2D eigenvalue weighted by atomic mass is 10.2. The summed E-state index contributed by atoms with van der Waals surface area (Å²) >= 11 is 4.68. The number of nitrogens with zero attached hydrogens (tertiary/aromatic N) is 1. The van der Waals surface area contributed by atoms with Gasteiger partial charge in [-0.05, 0) is 45.4 Å². The second-order valence-electron chi connectivity index (χ2n) is 2.39. The second kappa shape index (κ2) is 3.87. The van der Waals surface area contributed by atoms with E-state index in [0.29, 0.717) is 5.56 Å². The number of hydrogen-bond acceptors (Lipinski definition) is 2. The van der Waals surface area contributed by atoms with Crippen LogP contribution in [-0.2, 0) is 0 Å². The van der Waals surface area contributed by atoms with Crippen molar-refractivity contribution in [2.45, 2.75) is 6.92 Å². The van der Waals surface area contributed by atoms with Crippen molar-refractivity contribution in [3.63, 3.8) is 0 Å². The van der Waals surface area contributed by atoms with Gasteiger partial charge in [0.05, 0.1) is 13.0 Å². The van der Waals surface area contributed by atoms with E-state index >= 15 is 0 Å². The lowest BCUT2D eigenvalue weighted by Gasteiger charge is -2.02. The third kappa shape index (κ3) is 1.98. The molecule has 0 radical (unpaired) electrons. The van der Waals surface area contributed by atoms with Crippen LogP contribution in [0.1, 0.15) is 5.56 Å². The van der Waals surface area contributed by atoms with Gasteiger partial charge < -0.3 is 0 Å². The van der Waals surface area contributed by atoms with E-state index in [0.717, 1.165) is 0 Å². The maximum Gasteiger partial charge on any atom is 0.274 e. The molecule has 0 aliphatic heterocycles. The Morgan fingerprint density at radius 1 is 1.69 bits per heavy atom. The van der Waals surface area contributed by atoms with Crippen molar-refractivity contribution in [3.05, 3.63) is 35.6 Å². The van der Waals surface area contributed by atoms with Crippen LogP contribution in [0.3, 0.4) is 0 Å². The van der Waals surface area contributed by atoms with Crippen molar-refractivity contribution < 1.29 is 9.31 Å². The number of nitro benzene ring substituents is 1. The molecule has 0 bridgehead atoms.